The van der Waals surface area contributed by atoms with Crippen molar-refractivity contribution in [2.75, 3.05) is 20.3 Å². The summed E-state index contributed by atoms with van der Waals surface area (Å²) in [5.74, 6) is -0.221. The van der Waals surface area contributed by atoms with Crippen LogP contribution in [0.2, 0.25) is 0 Å². The average Bonchev–Trinajstić information content (AvgIpc) is 3.30. The Balaban J connectivity index is 1.11. The van der Waals surface area contributed by atoms with Crippen molar-refractivity contribution in [1.82, 2.24) is 0 Å². The third-order valence-corrected chi connectivity index (χ3v) is 11.3. The molecule has 310 valence electrons. The largest absolute Gasteiger partial charge is 0.388 e. The lowest BCUT2D eigenvalue weighted by molar-refractivity contribution is -0.376. The van der Waals surface area contributed by atoms with Crippen LogP contribution in [-0.4, -0.2) is 80.6 Å². The zero-order chi connectivity index (χ0) is 40.2. The van der Waals surface area contributed by atoms with Gasteiger partial charge in [0.15, 0.2) is 12.6 Å². The second-order valence-corrected chi connectivity index (χ2v) is 15.4. The minimum Gasteiger partial charge on any atom is -0.388 e. The van der Waals surface area contributed by atoms with E-state index in [0.717, 1.165) is 27.8 Å². The number of benzene rings is 5. The van der Waals surface area contributed by atoms with Crippen LogP contribution in [0, 0.1) is 5.92 Å². The Labute approximate surface area is 346 Å². The summed E-state index contributed by atoms with van der Waals surface area (Å²) < 4.78 is 59.2. The average molecular weight is 803 g/mol. The van der Waals surface area contributed by atoms with E-state index in [1.807, 2.05) is 152 Å². The molecule has 10 heteroatoms. The van der Waals surface area contributed by atoms with Crippen molar-refractivity contribution in [2.24, 2.45) is 5.92 Å². The zero-order valence-corrected chi connectivity index (χ0v) is 33.4. The van der Waals surface area contributed by atoms with Crippen LogP contribution in [0.25, 0.3) is 0 Å². The summed E-state index contributed by atoms with van der Waals surface area (Å²) in [5.41, 5.74) is 4.93. The van der Waals surface area contributed by atoms with E-state index in [2.05, 4.69) is 0 Å². The van der Waals surface area contributed by atoms with Crippen molar-refractivity contribution in [3.63, 3.8) is 0 Å². The van der Waals surface area contributed by atoms with Crippen LogP contribution in [0.4, 0.5) is 0 Å². The van der Waals surface area contributed by atoms with Gasteiger partial charge in [-0.2, -0.15) is 0 Å². The fourth-order valence-electron chi connectivity index (χ4n) is 8.22. The summed E-state index contributed by atoms with van der Waals surface area (Å²) in [4.78, 5) is 0. The molecule has 0 radical (unpaired) electrons. The number of rotatable bonds is 17. The van der Waals surface area contributed by atoms with Gasteiger partial charge in [0, 0.05) is 18.6 Å². The molecule has 5 aromatic rings. The molecule has 11 atom stereocenters. The number of hydrogen-bond donors (Lipinski definition) is 1. The molecule has 3 aliphatic rings. The smallest absolute Gasteiger partial charge is 0.186 e. The molecule has 2 aliphatic heterocycles. The van der Waals surface area contributed by atoms with Crippen molar-refractivity contribution in [3.8, 4) is 0 Å². The lowest BCUT2D eigenvalue weighted by Crippen LogP contribution is -2.66. The molecular weight excluding hydrogens is 749 g/mol. The van der Waals surface area contributed by atoms with Crippen molar-refractivity contribution in [3.05, 3.63) is 179 Å². The van der Waals surface area contributed by atoms with E-state index in [-0.39, 0.29) is 25.7 Å². The van der Waals surface area contributed by atoms with Crippen LogP contribution in [0.15, 0.2) is 152 Å². The Kier molecular flexibility index (Phi) is 14.6. The number of ether oxygens (including phenoxy) is 9. The summed E-state index contributed by atoms with van der Waals surface area (Å²) in [5, 5.41) is 12.5. The SMILES string of the molecule is CO[C@H]1O[C@@H]2CO[C@@H](c3ccccc3)O[C@H]2[C@H](O[C@@H]2C[C@H](COCc3ccccc3)[C@@H](OCc3ccccc3)[C@H](OCc3ccccc3)[C@@H]2O)[C@@H]1OCc1ccccc1. The number of aliphatic hydroxyl groups is 1. The van der Waals surface area contributed by atoms with Gasteiger partial charge in [0.25, 0.3) is 0 Å². The van der Waals surface area contributed by atoms with Gasteiger partial charge in [-0.1, -0.05) is 152 Å². The zero-order valence-electron chi connectivity index (χ0n) is 33.4. The minimum atomic E-state index is -1.09. The van der Waals surface area contributed by atoms with Crippen molar-refractivity contribution in [1.29, 1.82) is 0 Å². The summed E-state index contributed by atoms with van der Waals surface area (Å²) in [6.07, 6.45) is -6.79. The fourth-order valence-corrected chi connectivity index (χ4v) is 8.22. The van der Waals surface area contributed by atoms with E-state index in [1.54, 1.807) is 7.11 Å². The van der Waals surface area contributed by atoms with Gasteiger partial charge in [-0.25, -0.2) is 0 Å². The number of methoxy groups -OCH3 is 1. The van der Waals surface area contributed by atoms with Gasteiger partial charge in [0.1, 0.15) is 36.6 Å². The maximum absolute atomic E-state index is 12.5. The molecule has 10 nitrogen and oxygen atoms in total. The van der Waals surface area contributed by atoms with Crippen molar-refractivity contribution < 1.29 is 47.7 Å². The first kappa shape index (κ1) is 41.4. The Bertz CT molecular complexity index is 1930. The second-order valence-electron chi connectivity index (χ2n) is 15.4. The topological polar surface area (TPSA) is 103 Å². The Morgan fingerprint density at radius 3 is 1.59 bits per heavy atom. The van der Waals surface area contributed by atoms with Crippen LogP contribution in [0.1, 0.15) is 40.5 Å². The summed E-state index contributed by atoms with van der Waals surface area (Å²) in [6, 6.07) is 49.8. The predicted molar refractivity (Wildman–Crippen MR) is 220 cm³/mol. The molecular formula is C49H54O10. The van der Waals surface area contributed by atoms with E-state index < -0.39 is 61.4 Å². The molecule has 0 bridgehead atoms. The molecule has 2 saturated heterocycles. The first-order valence-corrected chi connectivity index (χ1v) is 20.5. The monoisotopic (exact) mass is 802 g/mol. The molecule has 3 fully saturated rings. The molecule has 2 heterocycles. The van der Waals surface area contributed by atoms with Gasteiger partial charge in [-0.05, 0) is 28.7 Å². The standard InChI is InChI=1S/C49H54O10/c1-51-49-47(55-31-37-23-13-5-14-24-37)46(44-41(58-49)33-56-48(59-44)38-25-15-6-16-26-38)57-40-27-39(32-52-28-34-17-7-2-8-18-34)43(53-29-35-19-9-3-10-20-35)45(42(40)50)54-30-36-21-11-4-12-22-36/h2-26,39-50H,27-33H2,1H3/t39-,40-,41-,42-,43-,44-,45-,46+,47+,48-,49+/m1/s1. The first-order valence-electron chi connectivity index (χ1n) is 20.5. The number of aliphatic hydroxyl groups excluding tert-OH is 1. The molecule has 1 saturated carbocycles. The van der Waals surface area contributed by atoms with Gasteiger partial charge in [-0.15, -0.1) is 0 Å². The van der Waals surface area contributed by atoms with Gasteiger partial charge >= 0.3 is 0 Å². The highest BCUT2D eigenvalue weighted by molar-refractivity contribution is 5.18. The Hall–Kier alpha value is -4.30. The maximum Gasteiger partial charge on any atom is 0.186 e. The van der Waals surface area contributed by atoms with Crippen LogP contribution in [-0.2, 0) is 69.1 Å². The van der Waals surface area contributed by atoms with E-state index >= 15 is 0 Å². The first-order chi connectivity index (χ1) is 29.1. The third-order valence-electron chi connectivity index (χ3n) is 11.3. The Morgan fingerprint density at radius 1 is 0.559 bits per heavy atom. The van der Waals surface area contributed by atoms with E-state index in [4.69, 9.17) is 42.6 Å². The van der Waals surface area contributed by atoms with Gasteiger partial charge < -0.3 is 47.7 Å². The highest BCUT2D eigenvalue weighted by atomic mass is 16.8. The van der Waals surface area contributed by atoms with Crippen molar-refractivity contribution in [2.45, 2.75) is 94.3 Å². The normalized spacial score (nSPS) is 29.4. The number of fused-ring (bicyclic) bond motifs is 1. The van der Waals surface area contributed by atoms with Gasteiger partial charge in [0.05, 0.1) is 51.8 Å². The Morgan fingerprint density at radius 2 is 1.05 bits per heavy atom. The molecule has 1 aliphatic carbocycles. The molecule has 59 heavy (non-hydrogen) atoms. The molecule has 0 unspecified atom stereocenters. The molecule has 5 aromatic carbocycles. The lowest BCUT2D eigenvalue weighted by Gasteiger charge is -2.51. The van der Waals surface area contributed by atoms with E-state index in [1.165, 1.54) is 0 Å². The minimum absolute atomic E-state index is 0.221. The van der Waals surface area contributed by atoms with E-state index in [9.17, 15) is 5.11 Å². The second kappa shape index (κ2) is 20.8. The third kappa shape index (κ3) is 10.7. The molecule has 1 N–H and O–H groups in total. The predicted octanol–water partition coefficient (Wildman–Crippen LogP) is 7.58. The van der Waals surface area contributed by atoms with Crippen LogP contribution >= 0.6 is 0 Å². The summed E-state index contributed by atoms with van der Waals surface area (Å²) in [6.45, 7) is 1.92. The molecule has 0 amide bonds. The molecule has 0 spiro atoms. The molecule has 8 rings (SSSR count). The highest BCUT2D eigenvalue weighted by Gasteiger charge is 2.55. The molecule has 0 aromatic heterocycles. The van der Waals surface area contributed by atoms with E-state index in [0.29, 0.717) is 26.2 Å². The van der Waals surface area contributed by atoms with Gasteiger partial charge in [-0.3, -0.25) is 0 Å². The highest BCUT2D eigenvalue weighted by Crippen LogP contribution is 2.40. The fraction of sp³-hybridized carbons (Fsp3) is 0.388. The number of hydrogen-bond acceptors (Lipinski definition) is 10. The summed E-state index contributed by atoms with van der Waals surface area (Å²) >= 11 is 0. The van der Waals surface area contributed by atoms with Crippen molar-refractivity contribution >= 4 is 0 Å². The quantitative estimate of drug-likeness (QED) is 0.101. The van der Waals surface area contributed by atoms with Crippen LogP contribution in [0.3, 0.4) is 0 Å². The summed E-state index contributed by atoms with van der Waals surface area (Å²) in [7, 11) is 1.59. The van der Waals surface area contributed by atoms with Gasteiger partial charge in [0.2, 0.25) is 0 Å². The maximum atomic E-state index is 12.5. The lowest BCUT2D eigenvalue weighted by atomic mass is 9.80. The van der Waals surface area contributed by atoms with Crippen LogP contribution in [0.5, 0.6) is 0 Å². The van der Waals surface area contributed by atoms with Crippen LogP contribution < -0.4 is 0 Å².